The quantitative estimate of drug-likeness (QED) is 0.417. The molecule has 0 atom stereocenters. The normalized spacial score (nSPS) is 11.1. The van der Waals surface area contributed by atoms with Gasteiger partial charge in [0.1, 0.15) is 17.8 Å². The number of sulfonamides is 1. The van der Waals surface area contributed by atoms with Gasteiger partial charge in [-0.2, -0.15) is 0 Å². The minimum absolute atomic E-state index is 0.0826. The Bertz CT molecular complexity index is 1120. The highest BCUT2D eigenvalue weighted by atomic mass is 35.5. The minimum Gasteiger partial charge on any atom is -0.495 e. The van der Waals surface area contributed by atoms with E-state index in [-0.39, 0.29) is 22.2 Å². The molecule has 0 bridgehead atoms. The van der Waals surface area contributed by atoms with Crippen LogP contribution in [0.25, 0.3) is 0 Å². The largest absolute Gasteiger partial charge is 0.495 e. The molecule has 0 amide bonds. The molecule has 9 nitrogen and oxygen atoms in total. The second-order valence-corrected chi connectivity index (χ2v) is 8.12. The van der Waals surface area contributed by atoms with Gasteiger partial charge in [-0.05, 0) is 37.3 Å². The second-order valence-electron chi connectivity index (χ2n) is 6.00. The highest BCUT2D eigenvalue weighted by molar-refractivity contribution is 7.89. The lowest BCUT2D eigenvalue weighted by Crippen LogP contribution is -2.30. The first-order valence-corrected chi connectivity index (χ1v) is 10.2. The van der Waals surface area contributed by atoms with Crippen LogP contribution in [0, 0.1) is 6.92 Å². The molecular formula is C18H19ClN6O3S. The van der Waals surface area contributed by atoms with Gasteiger partial charge in [-0.15, -0.1) is 4.83 Å². The molecule has 2 aromatic carbocycles. The highest BCUT2D eigenvalue weighted by Crippen LogP contribution is 2.32. The van der Waals surface area contributed by atoms with Gasteiger partial charge < -0.3 is 15.8 Å². The van der Waals surface area contributed by atoms with Crippen LogP contribution in [0.4, 0.5) is 23.0 Å². The molecule has 0 spiro atoms. The Morgan fingerprint density at radius 2 is 1.76 bits per heavy atom. The van der Waals surface area contributed by atoms with Crippen molar-refractivity contribution in [3.63, 3.8) is 0 Å². The van der Waals surface area contributed by atoms with Crippen molar-refractivity contribution in [1.29, 1.82) is 0 Å². The van der Waals surface area contributed by atoms with Crippen molar-refractivity contribution in [3.05, 3.63) is 59.4 Å². The molecule has 0 aliphatic heterocycles. The predicted molar refractivity (Wildman–Crippen MR) is 113 cm³/mol. The first kappa shape index (κ1) is 20.6. The number of hydrazine groups is 1. The van der Waals surface area contributed by atoms with Gasteiger partial charge in [0.25, 0.3) is 10.0 Å². The number of hydrogen-bond donors (Lipinski definition) is 4. The number of nitrogens with one attached hydrogen (secondary N) is 3. The van der Waals surface area contributed by atoms with Gasteiger partial charge in [-0.1, -0.05) is 29.3 Å². The van der Waals surface area contributed by atoms with Crippen LogP contribution in [0.3, 0.4) is 0 Å². The zero-order valence-electron chi connectivity index (χ0n) is 15.6. The van der Waals surface area contributed by atoms with Crippen molar-refractivity contribution in [2.24, 2.45) is 0 Å². The summed E-state index contributed by atoms with van der Waals surface area (Å²) in [5.41, 5.74) is 10.2. The maximum absolute atomic E-state index is 12.4. The molecule has 0 unspecified atom stereocenters. The number of nitrogens with two attached hydrogens (primary N) is 1. The van der Waals surface area contributed by atoms with Crippen LogP contribution in [0.1, 0.15) is 5.56 Å². The third kappa shape index (κ3) is 4.86. The van der Waals surface area contributed by atoms with Crippen molar-refractivity contribution in [2.75, 3.05) is 23.6 Å². The molecule has 1 aromatic heterocycles. The van der Waals surface area contributed by atoms with E-state index < -0.39 is 10.0 Å². The third-order valence-electron chi connectivity index (χ3n) is 3.93. The molecule has 0 aliphatic carbocycles. The fraction of sp³-hybridized carbons (Fsp3) is 0.111. The van der Waals surface area contributed by atoms with Gasteiger partial charge in [0.05, 0.1) is 17.7 Å². The van der Waals surface area contributed by atoms with E-state index in [2.05, 4.69) is 25.5 Å². The van der Waals surface area contributed by atoms with Crippen LogP contribution in [0.15, 0.2) is 53.7 Å². The number of aryl methyl sites for hydroxylation is 1. The Hall–Kier alpha value is -3.08. The third-order valence-corrected chi connectivity index (χ3v) is 5.43. The van der Waals surface area contributed by atoms with E-state index in [1.54, 1.807) is 30.3 Å². The van der Waals surface area contributed by atoms with Gasteiger partial charge in [0.15, 0.2) is 11.6 Å². The van der Waals surface area contributed by atoms with Crippen LogP contribution in [-0.4, -0.2) is 25.5 Å². The summed E-state index contributed by atoms with van der Waals surface area (Å²) in [5.74, 6) is 0.860. The van der Waals surface area contributed by atoms with E-state index in [0.29, 0.717) is 16.5 Å². The Morgan fingerprint density at radius 3 is 2.45 bits per heavy atom. The first-order valence-electron chi connectivity index (χ1n) is 8.35. The summed E-state index contributed by atoms with van der Waals surface area (Å²) in [6.07, 6.45) is 1.23. The molecule has 0 radical (unpaired) electrons. The fourth-order valence-electron chi connectivity index (χ4n) is 2.39. The molecule has 5 N–H and O–H groups in total. The zero-order valence-corrected chi connectivity index (χ0v) is 17.2. The molecule has 0 saturated carbocycles. The number of nitrogen functional groups attached to an aromatic ring is 1. The minimum atomic E-state index is -3.81. The summed E-state index contributed by atoms with van der Waals surface area (Å²) < 4.78 is 30.1. The summed E-state index contributed by atoms with van der Waals surface area (Å²) in [4.78, 5) is 10.4. The zero-order chi connectivity index (χ0) is 21.0. The number of benzene rings is 2. The van der Waals surface area contributed by atoms with E-state index in [0.717, 1.165) is 5.56 Å². The number of rotatable bonds is 7. The first-order chi connectivity index (χ1) is 13.8. The molecule has 0 fully saturated rings. The van der Waals surface area contributed by atoms with Crippen molar-refractivity contribution in [1.82, 2.24) is 14.8 Å². The Kier molecular flexibility index (Phi) is 6.06. The lowest BCUT2D eigenvalue weighted by Gasteiger charge is -2.15. The van der Waals surface area contributed by atoms with Crippen molar-refractivity contribution < 1.29 is 13.2 Å². The van der Waals surface area contributed by atoms with Gasteiger partial charge in [0, 0.05) is 5.02 Å². The lowest BCUT2D eigenvalue weighted by molar-refractivity contribution is 0.417. The van der Waals surface area contributed by atoms with Crippen molar-refractivity contribution in [3.8, 4) is 5.75 Å². The van der Waals surface area contributed by atoms with Crippen molar-refractivity contribution in [2.45, 2.75) is 11.8 Å². The Labute approximate surface area is 173 Å². The highest BCUT2D eigenvalue weighted by Gasteiger charge is 2.16. The molecule has 29 heavy (non-hydrogen) atoms. The van der Waals surface area contributed by atoms with Gasteiger partial charge in [-0.25, -0.2) is 18.4 Å². The maximum Gasteiger partial charge on any atom is 0.257 e. The second kappa shape index (κ2) is 8.52. The Morgan fingerprint density at radius 1 is 1.07 bits per heavy atom. The van der Waals surface area contributed by atoms with Gasteiger partial charge in [-0.3, -0.25) is 5.43 Å². The van der Waals surface area contributed by atoms with Crippen LogP contribution < -0.4 is 26.0 Å². The van der Waals surface area contributed by atoms with Crippen LogP contribution >= 0.6 is 11.6 Å². The summed E-state index contributed by atoms with van der Waals surface area (Å²) >= 11 is 6.03. The van der Waals surface area contributed by atoms with Crippen molar-refractivity contribution >= 4 is 44.6 Å². The number of hydrogen-bond acceptors (Lipinski definition) is 8. The molecule has 3 rings (SSSR count). The number of aromatic nitrogens is 2. The van der Waals surface area contributed by atoms with E-state index >= 15 is 0 Å². The fourth-order valence-corrected chi connectivity index (χ4v) is 3.41. The molecule has 3 aromatic rings. The number of anilines is 4. The van der Waals surface area contributed by atoms with E-state index in [4.69, 9.17) is 22.1 Å². The van der Waals surface area contributed by atoms with E-state index in [1.807, 2.05) is 6.92 Å². The summed E-state index contributed by atoms with van der Waals surface area (Å²) in [6.45, 7) is 1.87. The summed E-state index contributed by atoms with van der Waals surface area (Å²) in [7, 11) is -2.30. The van der Waals surface area contributed by atoms with Gasteiger partial charge in [0.2, 0.25) is 0 Å². The standard InChI is InChI=1S/C18H19ClN6O3S/c1-11-3-6-13(7-4-11)29(26,27)25-24-18-16(20)17(21-10-22-18)23-14-9-12(19)5-8-15(14)28-2/h3-10,25H,20H2,1-2H3,(H2,21,22,23,24). The Balaban J connectivity index is 1.80. The van der Waals surface area contributed by atoms with E-state index in [9.17, 15) is 8.42 Å². The van der Waals surface area contributed by atoms with Gasteiger partial charge >= 0.3 is 0 Å². The molecule has 152 valence electrons. The smallest absolute Gasteiger partial charge is 0.257 e. The number of methoxy groups -OCH3 is 1. The number of nitrogens with zero attached hydrogens (tertiary/aromatic N) is 2. The molecule has 0 saturated heterocycles. The molecular weight excluding hydrogens is 416 g/mol. The summed E-state index contributed by atoms with van der Waals surface area (Å²) in [5, 5.41) is 3.50. The van der Waals surface area contributed by atoms with Crippen LogP contribution in [-0.2, 0) is 10.0 Å². The predicted octanol–water partition coefficient (Wildman–Crippen LogP) is 3.08. The average molecular weight is 435 g/mol. The lowest BCUT2D eigenvalue weighted by atomic mass is 10.2. The molecule has 1 heterocycles. The monoisotopic (exact) mass is 434 g/mol. The van der Waals surface area contributed by atoms with Crippen LogP contribution in [0.5, 0.6) is 5.75 Å². The molecule has 0 aliphatic rings. The average Bonchev–Trinajstić information content (AvgIpc) is 2.69. The summed E-state index contributed by atoms with van der Waals surface area (Å²) in [6, 6.07) is 11.4. The topological polar surface area (TPSA) is 131 Å². The SMILES string of the molecule is COc1ccc(Cl)cc1Nc1ncnc(NNS(=O)(=O)c2ccc(C)cc2)c1N. The number of ether oxygens (including phenoxy) is 1. The molecule has 11 heteroatoms. The maximum atomic E-state index is 12.4. The van der Waals surface area contributed by atoms with Crippen LogP contribution in [0.2, 0.25) is 5.02 Å². The van der Waals surface area contributed by atoms with E-state index in [1.165, 1.54) is 25.6 Å². The number of halogens is 1.